The van der Waals surface area contributed by atoms with Gasteiger partial charge in [0.1, 0.15) is 24.2 Å². The summed E-state index contributed by atoms with van der Waals surface area (Å²) in [5.74, 6) is -0.379. The fraction of sp³-hybridized carbons (Fsp3) is 0.300. The quantitative estimate of drug-likeness (QED) is 0.492. The Labute approximate surface area is 171 Å². The molecule has 0 radical (unpaired) electrons. The van der Waals surface area contributed by atoms with Crippen LogP contribution in [0.5, 0.6) is 0 Å². The fourth-order valence-corrected chi connectivity index (χ4v) is 5.42. The molecule has 2 aromatic carbocycles. The summed E-state index contributed by atoms with van der Waals surface area (Å²) in [5, 5.41) is 29.9. The SMILES string of the molecule is O=S(=O)(c1ccc(-c2c[nH]c3cc(F)ccc23)cc1)N1C[C@H](F)[C@@H](O)[C@H](O)[C@H]1CO. The molecule has 7 nitrogen and oxygen atoms in total. The van der Waals surface area contributed by atoms with Crippen molar-refractivity contribution in [1.82, 2.24) is 9.29 Å². The molecule has 4 rings (SSSR count). The summed E-state index contributed by atoms with van der Waals surface area (Å²) in [4.78, 5) is 2.82. The average Bonchev–Trinajstić information content (AvgIpc) is 3.14. The Balaban J connectivity index is 1.67. The van der Waals surface area contributed by atoms with Crippen LogP contribution in [0.2, 0.25) is 0 Å². The van der Waals surface area contributed by atoms with Gasteiger partial charge in [-0.05, 0) is 35.9 Å². The minimum absolute atomic E-state index is 0.147. The van der Waals surface area contributed by atoms with Crippen LogP contribution in [0.4, 0.5) is 8.78 Å². The molecule has 4 atom stereocenters. The number of sulfonamides is 1. The molecule has 0 bridgehead atoms. The molecule has 0 unspecified atom stereocenters. The lowest BCUT2D eigenvalue weighted by atomic mass is 9.97. The first kappa shape index (κ1) is 20.9. The number of nitrogens with zero attached hydrogens (tertiary/aromatic N) is 1. The zero-order valence-corrected chi connectivity index (χ0v) is 16.4. The highest BCUT2D eigenvalue weighted by Crippen LogP contribution is 2.32. The summed E-state index contributed by atoms with van der Waals surface area (Å²) < 4.78 is 54.1. The second kappa shape index (κ2) is 7.71. The topological polar surface area (TPSA) is 114 Å². The van der Waals surface area contributed by atoms with E-state index in [1.54, 1.807) is 24.4 Å². The van der Waals surface area contributed by atoms with Gasteiger partial charge in [0.2, 0.25) is 10.0 Å². The Morgan fingerprint density at radius 1 is 1.10 bits per heavy atom. The van der Waals surface area contributed by atoms with E-state index >= 15 is 0 Å². The Morgan fingerprint density at radius 3 is 2.47 bits per heavy atom. The van der Waals surface area contributed by atoms with Gasteiger partial charge in [-0.3, -0.25) is 0 Å². The number of aromatic amines is 1. The lowest BCUT2D eigenvalue weighted by Gasteiger charge is -2.41. The normalized spacial score (nSPS) is 25.6. The van der Waals surface area contributed by atoms with Crippen LogP contribution in [0.25, 0.3) is 22.0 Å². The monoisotopic (exact) mass is 438 g/mol. The van der Waals surface area contributed by atoms with Gasteiger partial charge >= 0.3 is 0 Å². The average molecular weight is 438 g/mol. The van der Waals surface area contributed by atoms with Crippen molar-refractivity contribution < 1.29 is 32.5 Å². The molecule has 1 fully saturated rings. The summed E-state index contributed by atoms with van der Waals surface area (Å²) in [7, 11) is -4.24. The maximum Gasteiger partial charge on any atom is 0.243 e. The summed E-state index contributed by atoms with van der Waals surface area (Å²) >= 11 is 0. The molecule has 4 N–H and O–H groups in total. The molecule has 1 aromatic heterocycles. The summed E-state index contributed by atoms with van der Waals surface area (Å²) in [6, 6.07) is 8.75. The van der Waals surface area contributed by atoms with Crippen molar-refractivity contribution in [3.63, 3.8) is 0 Å². The zero-order chi connectivity index (χ0) is 21.6. The molecule has 1 saturated heterocycles. The predicted molar refractivity (Wildman–Crippen MR) is 105 cm³/mol. The van der Waals surface area contributed by atoms with E-state index in [4.69, 9.17) is 0 Å². The third kappa shape index (κ3) is 3.40. The Bertz CT molecular complexity index is 1170. The highest BCUT2D eigenvalue weighted by atomic mass is 32.2. The third-order valence-corrected chi connectivity index (χ3v) is 7.35. The molecule has 3 aromatic rings. The molecule has 0 spiro atoms. The smallest absolute Gasteiger partial charge is 0.243 e. The minimum atomic E-state index is -4.24. The van der Waals surface area contributed by atoms with Crippen molar-refractivity contribution >= 4 is 20.9 Å². The first-order valence-electron chi connectivity index (χ1n) is 9.24. The highest BCUT2D eigenvalue weighted by Gasteiger charge is 2.47. The van der Waals surface area contributed by atoms with E-state index in [9.17, 15) is 32.5 Å². The summed E-state index contributed by atoms with van der Waals surface area (Å²) in [6.07, 6.45) is -3.82. The summed E-state index contributed by atoms with van der Waals surface area (Å²) in [6.45, 7) is -1.45. The number of hydrogen-bond donors (Lipinski definition) is 4. The fourth-order valence-electron chi connectivity index (χ4n) is 3.78. The highest BCUT2D eigenvalue weighted by molar-refractivity contribution is 7.89. The largest absolute Gasteiger partial charge is 0.395 e. The van der Waals surface area contributed by atoms with E-state index in [0.29, 0.717) is 15.4 Å². The van der Waals surface area contributed by atoms with Crippen molar-refractivity contribution in [1.29, 1.82) is 0 Å². The number of alkyl halides is 1. The van der Waals surface area contributed by atoms with Gasteiger partial charge in [-0.25, -0.2) is 17.2 Å². The zero-order valence-electron chi connectivity index (χ0n) is 15.6. The van der Waals surface area contributed by atoms with Gasteiger partial charge in [0.15, 0.2) is 0 Å². The van der Waals surface area contributed by atoms with Crippen molar-refractivity contribution in [3.05, 3.63) is 54.5 Å². The van der Waals surface area contributed by atoms with Crippen LogP contribution in [0, 0.1) is 5.82 Å². The van der Waals surface area contributed by atoms with Gasteiger partial charge in [-0.2, -0.15) is 4.31 Å². The molecule has 10 heteroatoms. The van der Waals surface area contributed by atoms with Crippen molar-refractivity contribution in [3.8, 4) is 11.1 Å². The lowest BCUT2D eigenvalue weighted by molar-refractivity contribution is -0.102. The Morgan fingerprint density at radius 2 is 1.80 bits per heavy atom. The number of fused-ring (bicyclic) bond motifs is 1. The number of benzene rings is 2. The number of halogens is 2. The maximum absolute atomic E-state index is 14.0. The molecule has 0 amide bonds. The number of aliphatic hydroxyl groups excluding tert-OH is 3. The second-order valence-corrected chi connectivity index (χ2v) is 9.13. The number of aromatic nitrogens is 1. The number of aliphatic hydroxyl groups is 3. The van der Waals surface area contributed by atoms with Crippen LogP contribution in [-0.4, -0.2) is 70.6 Å². The van der Waals surface area contributed by atoms with E-state index in [1.165, 1.54) is 24.3 Å². The first-order valence-corrected chi connectivity index (χ1v) is 10.7. The molecule has 0 saturated carbocycles. The molecule has 1 aliphatic heterocycles. The predicted octanol–water partition coefficient (Wildman–Crippen LogP) is 1.40. The second-order valence-electron chi connectivity index (χ2n) is 7.24. The molecule has 1 aliphatic rings. The van der Waals surface area contributed by atoms with Crippen molar-refractivity contribution in [2.75, 3.05) is 13.2 Å². The number of piperidine rings is 1. The van der Waals surface area contributed by atoms with Gasteiger partial charge < -0.3 is 20.3 Å². The van der Waals surface area contributed by atoms with Crippen LogP contribution >= 0.6 is 0 Å². The Hall–Kier alpha value is -2.37. The minimum Gasteiger partial charge on any atom is -0.395 e. The third-order valence-electron chi connectivity index (χ3n) is 5.44. The molecular weight excluding hydrogens is 418 g/mol. The van der Waals surface area contributed by atoms with Crippen LogP contribution in [0.1, 0.15) is 0 Å². The number of H-pyrrole nitrogens is 1. The van der Waals surface area contributed by atoms with E-state index in [0.717, 1.165) is 10.9 Å². The number of hydrogen-bond acceptors (Lipinski definition) is 5. The summed E-state index contributed by atoms with van der Waals surface area (Å²) in [5.41, 5.74) is 2.04. The number of rotatable bonds is 4. The number of nitrogens with one attached hydrogen (secondary N) is 1. The van der Waals surface area contributed by atoms with Crippen molar-refractivity contribution in [2.45, 2.75) is 29.3 Å². The Kier molecular flexibility index (Phi) is 5.37. The van der Waals surface area contributed by atoms with Crippen LogP contribution < -0.4 is 0 Å². The first-order chi connectivity index (χ1) is 14.2. The molecular formula is C20H20F2N2O5S. The molecule has 30 heavy (non-hydrogen) atoms. The van der Waals surface area contributed by atoms with Gasteiger partial charge in [-0.15, -0.1) is 0 Å². The molecule has 160 valence electrons. The van der Waals surface area contributed by atoms with Gasteiger partial charge in [0.05, 0.1) is 17.5 Å². The van der Waals surface area contributed by atoms with Gasteiger partial charge in [0, 0.05) is 29.2 Å². The van der Waals surface area contributed by atoms with Crippen molar-refractivity contribution in [2.24, 2.45) is 0 Å². The van der Waals surface area contributed by atoms with E-state index in [-0.39, 0.29) is 10.7 Å². The van der Waals surface area contributed by atoms with E-state index in [1.807, 2.05) is 0 Å². The van der Waals surface area contributed by atoms with E-state index in [2.05, 4.69) is 4.98 Å². The van der Waals surface area contributed by atoms with Gasteiger partial charge in [0.25, 0.3) is 0 Å². The maximum atomic E-state index is 14.0. The van der Waals surface area contributed by atoms with Crippen LogP contribution in [0.3, 0.4) is 0 Å². The van der Waals surface area contributed by atoms with Crippen LogP contribution in [0.15, 0.2) is 53.6 Å². The van der Waals surface area contributed by atoms with Gasteiger partial charge in [-0.1, -0.05) is 12.1 Å². The van der Waals surface area contributed by atoms with Crippen LogP contribution in [-0.2, 0) is 10.0 Å². The standard InChI is InChI=1S/C20H20F2N2O5S/c21-12-3-6-14-15(8-23-17(14)7-12)11-1-4-13(5-2-11)30(28,29)24-9-16(22)19(26)20(27)18(24)10-25/h1-8,16,18-20,23,25-27H,9-10H2/t16-,18+,19+,20+/m0/s1. The molecule has 2 heterocycles. The van der Waals surface area contributed by atoms with E-state index < -0.39 is 47.6 Å². The molecule has 0 aliphatic carbocycles. The lowest BCUT2D eigenvalue weighted by Crippen LogP contribution is -2.62.